The normalized spacial score (nSPS) is 15.9. The van der Waals surface area contributed by atoms with Crippen LogP contribution < -0.4 is 16.4 Å². The van der Waals surface area contributed by atoms with E-state index in [0.717, 1.165) is 31.9 Å². The molecule has 0 aromatic heterocycles. The van der Waals surface area contributed by atoms with Gasteiger partial charge in [-0.15, -0.1) is 12.4 Å². The SMILES string of the molecule is CN1CCN(c2ccc(N=C(N)N)cc2)CC1.Cl. The second-order valence-corrected chi connectivity index (χ2v) is 4.34. The molecule has 0 saturated carbocycles. The van der Waals surface area contributed by atoms with Crippen molar-refractivity contribution in [2.24, 2.45) is 16.5 Å². The molecule has 4 N–H and O–H groups in total. The van der Waals surface area contributed by atoms with Gasteiger partial charge in [-0.2, -0.15) is 0 Å². The molecule has 100 valence electrons. The number of hydrogen-bond acceptors (Lipinski definition) is 3. The zero-order valence-corrected chi connectivity index (χ0v) is 11.4. The predicted octanol–water partition coefficient (Wildman–Crippen LogP) is 0.765. The average molecular weight is 270 g/mol. The van der Waals surface area contributed by atoms with Crippen LogP contribution in [-0.4, -0.2) is 44.1 Å². The van der Waals surface area contributed by atoms with Crippen LogP contribution in [0.25, 0.3) is 0 Å². The maximum Gasteiger partial charge on any atom is 0.191 e. The molecule has 0 bridgehead atoms. The molecule has 0 aliphatic carbocycles. The van der Waals surface area contributed by atoms with E-state index in [1.54, 1.807) is 0 Å². The van der Waals surface area contributed by atoms with Crippen LogP contribution in [0.2, 0.25) is 0 Å². The third-order valence-electron chi connectivity index (χ3n) is 2.98. The summed E-state index contributed by atoms with van der Waals surface area (Å²) in [7, 11) is 2.15. The lowest BCUT2D eigenvalue weighted by atomic mass is 10.2. The molecule has 0 spiro atoms. The van der Waals surface area contributed by atoms with Gasteiger partial charge in [-0.05, 0) is 31.3 Å². The maximum absolute atomic E-state index is 5.33. The number of hydrogen-bond donors (Lipinski definition) is 2. The lowest BCUT2D eigenvalue weighted by molar-refractivity contribution is 0.313. The zero-order valence-electron chi connectivity index (χ0n) is 10.5. The lowest BCUT2D eigenvalue weighted by Crippen LogP contribution is -2.44. The Labute approximate surface area is 114 Å². The van der Waals surface area contributed by atoms with E-state index in [9.17, 15) is 0 Å². The number of rotatable bonds is 2. The van der Waals surface area contributed by atoms with Gasteiger partial charge in [0.1, 0.15) is 0 Å². The largest absolute Gasteiger partial charge is 0.370 e. The summed E-state index contributed by atoms with van der Waals surface area (Å²) < 4.78 is 0. The minimum atomic E-state index is 0. The van der Waals surface area contributed by atoms with Crippen LogP contribution in [0.3, 0.4) is 0 Å². The van der Waals surface area contributed by atoms with Crippen molar-refractivity contribution >= 4 is 29.7 Å². The molecule has 1 heterocycles. The van der Waals surface area contributed by atoms with Gasteiger partial charge in [0.05, 0.1) is 5.69 Å². The summed E-state index contributed by atoms with van der Waals surface area (Å²) in [4.78, 5) is 8.72. The molecule has 1 aromatic rings. The fourth-order valence-corrected chi connectivity index (χ4v) is 1.95. The molecule has 1 aliphatic rings. The monoisotopic (exact) mass is 269 g/mol. The third kappa shape index (κ3) is 3.78. The smallest absolute Gasteiger partial charge is 0.191 e. The van der Waals surface area contributed by atoms with E-state index in [-0.39, 0.29) is 18.4 Å². The highest BCUT2D eigenvalue weighted by atomic mass is 35.5. The van der Waals surface area contributed by atoms with Crippen LogP contribution in [0.15, 0.2) is 29.3 Å². The van der Waals surface area contributed by atoms with Gasteiger partial charge in [-0.3, -0.25) is 0 Å². The summed E-state index contributed by atoms with van der Waals surface area (Å²) >= 11 is 0. The number of benzene rings is 1. The Bertz CT molecular complexity index is 391. The number of guanidine groups is 1. The van der Waals surface area contributed by atoms with Crippen LogP contribution in [-0.2, 0) is 0 Å². The molecule has 1 aromatic carbocycles. The van der Waals surface area contributed by atoms with E-state index in [1.807, 2.05) is 12.1 Å². The van der Waals surface area contributed by atoms with Gasteiger partial charge < -0.3 is 21.3 Å². The molecule has 1 fully saturated rings. The Kier molecular flexibility index (Phi) is 5.25. The molecule has 2 rings (SSSR count). The quantitative estimate of drug-likeness (QED) is 0.614. The number of likely N-dealkylation sites (N-methyl/N-ethyl adjacent to an activating group) is 1. The fraction of sp³-hybridized carbons (Fsp3) is 0.417. The Morgan fingerprint density at radius 1 is 1.06 bits per heavy atom. The summed E-state index contributed by atoms with van der Waals surface area (Å²) in [6.07, 6.45) is 0. The number of anilines is 1. The van der Waals surface area contributed by atoms with Crippen LogP contribution in [0.5, 0.6) is 0 Å². The van der Waals surface area contributed by atoms with Crippen molar-refractivity contribution < 1.29 is 0 Å². The van der Waals surface area contributed by atoms with Crippen molar-refractivity contribution in [1.82, 2.24) is 4.90 Å². The van der Waals surface area contributed by atoms with Crippen molar-refractivity contribution in [3.05, 3.63) is 24.3 Å². The number of nitrogens with zero attached hydrogens (tertiary/aromatic N) is 3. The van der Waals surface area contributed by atoms with Crippen LogP contribution in [0, 0.1) is 0 Å². The first-order valence-electron chi connectivity index (χ1n) is 5.78. The van der Waals surface area contributed by atoms with E-state index >= 15 is 0 Å². The van der Waals surface area contributed by atoms with E-state index < -0.39 is 0 Å². The molecular weight excluding hydrogens is 250 g/mol. The molecule has 0 atom stereocenters. The van der Waals surface area contributed by atoms with E-state index in [4.69, 9.17) is 11.5 Å². The minimum Gasteiger partial charge on any atom is -0.370 e. The number of halogens is 1. The molecule has 6 heteroatoms. The highest BCUT2D eigenvalue weighted by Crippen LogP contribution is 2.20. The van der Waals surface area contributed by atoms with Crippen LogP contribution in [0.1, 0.15) is 0 Å². The van der Waals surface area contributed by atoms with Gasteiger partial charge in [0.15, 0.2) is 5.96 Å². The van der Waals surface area contributed by atoms with E-state index in [1.165, 1.54) is 5.69 Å². The number of nitrogens with two attached hydrogens (primary N) is 2. The number of piperazine rings is 1. The summed E-state index contributed by atoms with van der Waals surface area (Å²) in [5, 5.41) is 0. The first-order valence-corrected chi connectivity index (χ1v) is 5.78. The van der Waals surface area contributed by atoms with E-state index in [0.29, 0.717) is 0 Å². The van der Waals surface area contributed by atoms with Crippen molar-refractivity contribution in [1.29, 1.82) is 0 Å². The average Bonchev–Trinajstić information content (AvgIpc) is 2.30. The van der Waals surface area contributed by atoms with Gasteiger partial charge >= 0.3 is 0 Å². The lowest BCUT2D eigenvalue weighted by Gasteiger charge is -2.34. The Balaban J connectivity index is 0.00000162. The van der Waals surface area contributed by atoms with Gasteiger partial charge in [0, 0.05) is 31.9 Å². The molecule has 0 unspecified atom stereocenters. The van der Waals surface area contributed by atoms with Crippen LogP contribution in [0.4, 0.5) is 11.4 Å². The molecule has 5 nitrogen and oxygen atoms in total. The second-order valence-electron chi connectivity index (χ2n) is 4.34. The Hall–Kier alpha value is -1.46. The highest BCUT2D eigenvalue weighted by Gasteiger charge is 2.13. The van der Waals surface area contributed by atoms with Crippen molar-refractivity contribution in [2.45, 2.75) is 0 Å². The summed E-state index contributed by atoms with van der Waals surface area (Å²) in [5.41, 5.74) is 12.7. The van der Waals surface area contributed by atoms with Gasteiger partial charge in [0.2, 0.25) is 0 Å². The zero-order chi connectivity index (χ0) is 12.3. The maximum atomic E-state index is 5.33. The molecule has 18 heavy (non-hydrogen) atoms. The van der Waals surface area contributed by atoms with Gasteiger partial charge in [-0.1, -0.05) is 0 Å². The van der Waals surface area contributed by atoms with Crippen molar-refractivity contribution in [3.63, 3.8) is 0 Å². The number of aliphatic imine (C=N–C) groups is 1. The molecular formula is C12H20ClN5. The molecule has 1 saturated heterocycles. The highest BCUT2D eigenvalue weighted by molar-refractivity contribution is 5.85. The van der Waals surface area contributed by atoms with E-state index in [2.05, 4.69) is 34.0 Å². The summed E-state index contributed by atoms with van der Waals surface area (Å²) in [5.74, 6) is 0.0948. The van der Waals surface area contributed by atoms with Crippen LogP contribution >= 0.6 is 12.4 Å². The molecule has 0 amide bonds. The van der Waals surface area contributed by atoms with Crippen molar-refractivity contribution in [3.8, 4) is 0 Å². The Morgan fingerprint density at radius 3 is 2.11 bits per heavy atom. The fourth-order valence-electron chi connectivity index (χ4n) is 1.95. The molecule has 1 aliphatic heterocycles. The van der Waals surface area contributed by atoms with Gasteiger partial charge in [-0.25, -0.2) is 4.99 Å². The minimum absolute atomic E-state index is 0. The third-order valence-corrected chi connectivity index (χ3v) is 2.98. The van der Waals surface area contributed by atoms with Gasteiger partial charge in [0.25, 0.3) is 0 Å². The Morgan fingerprint density at radius 2 is 1.61 bits per heavy atom. The summed E-state index contributed by atoms with van der Waals surface area (Å²) in [6.45, 7) is 4.35. The first kappa shape index (κ1) is 14.6. The first-order chi connectivity index (χ1) is 8.15. The second kappa shape index (κ2) is 6.47. The predicted molar refractivity (Wildman–Crippen MR) is 78.9 cm³/mol. The summed E-state index contributed by atoms with van der Waals surface area (Å²) in [6, 6.07) is 8.00. The standard InChI is InChI=1S/C12H19N5.ClH/c1-16-6-8-17(9-7-16)11-4-2-10(3-5-11)15-12(13)14;/h2-5H,6-9H2,1H3,(H4,13,14,15);1H. The molecule has 0 radical (unpaired) electrons. The topological polar surface area (TPSA) is 70.9 Å². The van der Waals surface area contributed by atoms with Crippen molar-refractivity contribution in [2.75, 3.05) is 38.1 Å².